The average molecular weight is 657 g/mol. The Kier molecular flexibility index (Phi) is 26.8. The van der Waals surface area contributed by atoms with Crippen LogP contribution in [0.3, 0.4) is 0 Å². The summed E-state index contributed by atoms with van der Waals surface area (Å²) in [6.45, 7) is 4.44. The molecule has 6 atom stereocenters. The molecule has 0 spiro atoms. The van der Waals surface area contributed by atoms with E-state index in [4.69, 9.17) is 18.9 Å². The predicted octanol–water partition coefficient (Wildman–Crippen LogP) is 8.76. The number of methoxy groups -OCH3 is 2. The van der Waals surface area contributed by atoms with Crippen LogP contribution in [0.1, 0.15) is 181 Å². The van der Waals surface area contributed by atoms with E-state index in [0.717, 1.165) is 96.3 Å². The van der Waals surface area contributed by atoms with Gasteiger partial charge in [-0.3, -0.25) is 9.59 Å². The van der Waals surface area contributed by atoms with Gasteiger partial charge in [0.05, 0.1) is 50.8 Å². The van der Waals surface area contributed by atoms with E-state index in [1.54, 1.807) is 0 Å². The van der Waals surface area contributed by atoms with Crippen molar-refractivity contribution in [2.45, 2.75) is 217 Å². The zero-order chi connectivity index (χ0) is 33.8. The monoisotopic (exact) mass is 657 g/mol. The maximum Gasteiger partial charge on any atom is 0.305 e. The van der Waals surface area contributed by atoms with Crippen LogP contribution in [-0.2, 0) is 28.5 Å². The highest BCUT2D eigenvalue weighted by atomic mass is 16.6. The molecule has 1 fully saturated rings. The second-order valence-corrected chi connectivity index (χ2v) is 13.6. The zero-order valence-corrected chi connectivity index (χ0v) is 30.2. The fourth-order valence-corrected chi connectivity index (χ4v) is 6.35. The number of esters is 2. The van der Waals surface area contributed by atoms with Gasteiger partial charge in [-0.25, -0.2) is 0 Å². The molecule has 46 heavy (non-hydrogen) atoms. The van der Waals surface area contributed by atoms with E-state index in [1.807, 2.05) is 0 Å². The quantitative estimate of drug-likeness (QED) is 0.0409. The number of carbonyl (C=O) groups is 2. The van der Waals surface area contributed by atoms with Crippen LogP contribution in [0.5, 0.6) is 0 Å². The zero-order valence-electron chi connectivity index (χ0n) is 30.2. The topological polar surface area (TPSA) is 115 Å². The minimum absolute atomic E-state index is 0.126. The summed E-state index contributed by atoms with van der Waals surface area (Å²) in [6.07, 6.45) is 23.6. The highest BCUT2D eigenvalue weighted by Crippen LogP contribution is 2.34. The summed E-state index contributed by atoms with van der Waals surface area (Å²) < 4.78 is 22.2. The molecule has 0 aromatic carbocycles. The highest BCUT2D eigenvalue weighted by Gasteiger charge is 2.42. The van der Waals surface area contributed by atoms with Crippen molar-refractivity contribution >= 4 is 11.9 Å². The maximum absolute atomic E-state index is 11.4. The first-order valence-electron chi connectivity index (χ1n) is 19.2. The smallest absolute Gasteiger partial charge is 0.305 e. The van der Waals surface area contributed by atoms with Crippen molar-refractivity contribution in [2.24, 2.45) is 0 Å². The lowest BCUT2D eigenvalue weighted by Crippen LogP contribution is -2.39. The summed E-state index contributed by atoms with van der Waals surface area (Å²) in [5.74, 6) is -0.306. The molecule has 0 amide bonds. The normalized spacial score (nSPS) is 18.6. The van der Waals surface area contributed by atoms with Crippen LogP contribution in [0, 0.1) is 0 Å². The van der Waals surface area contributed by atoms with Crippen LogP contribution >= 0.6 is 0 Å². The van der Waals surface area contributed by atoms with E-state index < -0.39 is 12.2 Å². The Balaban J connectivity index is 2.72. The Hall–Kier alpha value is -1.22. The van der Waals surface area contributed by atoms with Crippen molar-refractivity contribution in [1.29, 1.82) is 0 Å². The van der Waals surface area contributed by atoms with E-state index in [9.17, 15) is 19.8 Å². The number of rotatable bonds is 33. The summed E-state index contributed by atoms with van der Waals surface area (Å²) >= 11 is 0. The van der Waals surface area contributed by atoms with Crippen molar-refractivity contribution in [3.05, 3.63) is 0 Å². The Morgan fingerprint density at radius 1 is 0.565 bits per heavy atom. The molecule has 1 saturated heterocycles. The SMILES string of the molecule is CCCCCCCCC(O)C(CCCCCCCC(=O)OC)OC(CC1OC1CCCCC)C(O)CCCCCCCC(=O)OC. The second kappa shape index (κ2) is 28.8. The van der Waals surface area contributed by atoms with Crippen LogP contribution in [0.15, 0.2) is 0 Å². The van der Waals surface area contributed by atoms with Gasteiger partial charge in [-0.1, -0.05) is 123 Å². The van der Waals surface area contributed by atoms with E-state index in [-0.39, 0.29) is 36.4 Å². The molecule has 1 aliphatic heterocycles. The number of aliphatic hydroxyl groups excluding tert-OH is 2. The first-order chi connectivity index (χ1) is 22.4. The Labute approximate surface area is 282 Å². The third kappa shape index (κ3) is 22.4. The number of epoxide rings is 1. The molecule has 0 aliphatic carbocycles. The van der Waals surface area contributed by atoms with Crippen LogP contribution < -0.4 is 0 Å². The molecule has 6 unspecified atom stereocenters. The summed E-state index contributed by atoms with van der Waals surface area (Å²) in [5, 5.41) is 22.7. The molecule has 0 radical (unpaired) electrons. The lowest BCUT2D eigenvalue weighted by Gasteiger charge is -2.31. The van der Waals surface area contributed by atoms with Crippen molar-refractivity contribution < 1.29 is 38.7 Å². The molecular formula is C38H72O8. The van der Waals surface area contributed by atoms with Gasteiger partial charge in [-0.05, 0) is 38.5 Å². The van der Waals surface area contributed by atoms with Gasteiger partial charge in [0.1, 0.15) is 0 Å². The standard InChI is InChI=1S/C38H72O8/c1-5-7-9-10-13-19-24-31(39)33(26-21-15-12-17-23-29-38(42)44-4)45-35(30-36-34(46-36)27-18-8-6-2)32(40)25-20-14-11-16-22-28-37(41)43-3/h31-36,39-40H,5-30H2,1-4H3. The van der Waals surface area contributed by atoms with E-state index >= 15 is 0 Å². The number of carbonyl (C=O) groups excluding carboxylic acids is 2. The van der Waals surface area contributed by atoms with Crippen LogP contribution in [0.25, 0.3) is 0 Å². The van der Waals surface area contributed by atoms with Crippen LogP contribution in [0.2, 0.25) is 0 Å². The minimum Gasteiger partial charge on any atom is -0.469 e. The summed E-state index contributed by atoms with van der Waals surface area (Å²) in [7, 11) is 2.86. The van der Waals surface area contributed by atoms with Crippen LogP contribution in [-0.4, -0.2) is 73.0 Å². The van der Waals surface area contributed by atoms with E-state index in [2.05, 4.69) is 13.8 Å². The summed E-state index contributed by atoms with van der Waals surface area (Å²) in [6, 6.07) is 0. The average Bonchev–Trinajstić information content (AvgIpc) is 3.81. The van der Waals surface area contributed by atoms with Crippen molar-refractivity contribution in [3.8, 4) is 0 Å². The lowest BCUT2D eigenvalue weighted by molar-refractivity contribution is -0.141. The van der Waals surface area contributed by atoms with Gasteiger partial charge in [0.2, 0.25) is 0 Å². The molecule has 1 heterocycles. The van der Waals surface area contributed by atoms with E-state index in [1.165, 1.54) is 59.2 Å². The molecule has 0 aromatic heterocycles. The Morgan fingerprint density at radius 2 is 1.00 bits per heavy atom. The maximum atomic E-state index is 11.4. The molecular weight excluding hydrogens is 584 g/mol. The molecule has 1 rings (SSSR count). The van der Waals surface area contributed by atoms with Gasteiger partial charge in [-0.2, -0.15) is 0 Å². The molecule has 0 saturated carbocycles. The van der Waals surface area contributed by atoms with Crippen molar-refractivity contribution in [2.75, 3.05) is 14.2 Å². The molecule has 8 nitrogen and oxygen atoms in total. The van der Waals surface area contributed by atoms with Gasteiger partial charge >= 0.3 is 11.9 Å². The lowest BCUT2D eigenvalue weighted by atomic mass is 9.96. The second-order valence-electron chi connectivity index (χ2n) is 13.6. The molecule has 8 heteroatoms. The van der Waals surface area contributed by atoms with Crippen molar-refractivity contribution in [3.63, 3.8) is 0 Å². The fraction of sp³-hybridized carbons (Fsp3) is 0.947. The largest absolute Gasteiger partial charge is 0.469 e. The van der Waals surface area contributed by atoms with Gasteiger partial charge in [0, 0.05) is 19.3 Å². The van der Waals surface area contributed by atoms with Gasteiger partial charge in [-0.15, -0.1) is 0 Å². The minimum atomic E-state index is -0.599. The molecule has 272 valence electrons. The third-order valence-electron chi connectivity index (χ3n) is 9.51. The first-order valence-corrected chi connectivity index (χ1v) is 19.2. The first kappa shape index (κ1) is 42.8. The highest BCUT2D eigenvalue weighted by molar-refractivity contribution is 5.69. The Morgan fingerprint density at radius 3 is 1.52 bits per heavy atom. The predicted molar refractivity (Wildman–Crippen MR) is 185 cm³/mol. The number of hydrogen-bond donors (Lipinski definition) is 2. The summed E-state index contributed by atoms with van der Waals surface area (Å²) in [4.78, 5) is 22.7. The van der Waals surface area contributed by atoms with Gasteiger partial charge < -0.3 is 29.2 Å². The third-order valence-corrected chi connectivity index (χ3v) is 9.51. The molecule has 0 aromatic rings. The Bertz CT molecular complexity index is 731. The number of aliphatic hydroxyl groups is 2. The molecule has 2 N–H and O–H groups in total. The number of ether oxygens (including phenoxy) is 4. The van der Waals surface area contributed by atoms with E-state index in [0.29, 0.717) is 25.7 Å². The van der Waals surface area contributed by atoms with Crippen molar-refractivity contribution in [1.82, 2.24) is 0 Å². The molecule has 0 bridgehead atoms. The van der Waals surface area contributed by atoms with Gasteiger partial charge in [0.15, 0.2) is 0 Å². The van der Waals surface area contributed by atoms with Crippen LogP contribution in [0.4, 0.5) is 0 Å². The molecule has 1 aliphatic rings. The number of unbranched alkanes of at least 4 members (excludes halogenated alkanes) is 15. The summed E-state index contributed by atoms with van der Waals surface area (Å²) in [5.41, 5.74) is 0. The van der Waals surface area contributed by atoms with Gasteiger partial charge in [0.25, 0.3) is 0 Å². The fourth-order valence-electron chi connectivity index (χ4n) is 6.35. The number of hydrogen-bond acceptors (Lipinski definition) is 8.